The maximum absolute atomic E-state index is 12.5. The van der Waals surface area contributed by atoms with Crippen LogP contribution in [0.5, 0.6) is 0 Å². The fourth-order valence-corrected chi connectivity index (χ4v) is 4.40. The van der Waals surface area contributed by atoms with Crippen LogP contribution in [0.3, 0.4) is 0 Å². The highest BCUT2D eigenvalue weighted by molar-refractivity contribution is 7.09. The Morgan fingerprint density at radius 1 is 1.26 bits per heavy atom. The Hall–Kier alpha value is -3.70. The summed E-state index contributed by atoms with van der Waals surface area (Å²) in [6, 6.07) is 13.6. The molecule has 3 aromatic rings. The van der Waals surface area contributed by atoms with E-state index in [2.05, 4.69) is 28.7 Å². The number of thiazole rings is 1. The minimum absolute atomic E-state index is 0.0631. The molecular formula is C27H30N4O3S. The summed E-state index contributed by atoms with van der Waals surface area (Å²) in [5.41, 5.74) is 4.42. The molecule has 0 saturated carbocycles. The quantitative estimate of drug-likeness (QED) is 0.252. The Morgan fingerprint density at radius 2 is 2.00 bits per heavy atom. The van der Waals surface area contributed by atoms with E-state index < -0.39 is 5.97 Å². The van der Waals surface area contributed by atoms with E-state index in [1.54, 1.807) is 11.5 Å². The van der Waals surface area contributed by atoms with Gasteiger partial charge in [-0.15, -0.1) is 11.3 Å². The molecule has 0 fully saturated rings. The summed E-state index contributed by atoms with van der Waals surface area (Å²) < 4.78 is 7.51. The van der Waals surface area contributed by atoms with Crippen molar-refractivity contribution in [2.75, 3.05) is 0 Å². The van der Waals surface area contributed by atoms with Crippen LogP contribution in [0.2, 0.25) is 0 Å². The fraction of sp³-hybridized carbons (Fsp3) is 0.333. The van der Waals surface area contributed by atoms with Crippen molar-refractivity contribution in [2.24, 2.45) is 5.92 Å². The van der Waals surface area contributed by atoms with Crippen molar-refractivity contribution < 1.29 is 14.3 Å². The Balaban J connectivity index is 1.55. The smallest absolute Gasteiger partial charge is 0.349 e. The number of benzene rings is 1. The summed E-state index contributed by atoms with van der Waals surface area (Å²) in [5, 5.41) is 14.8. The first-order valence-corrected chi connectivity index (χ1v) is 12.3. The van der Waals surface area contributed by atoms with Gasteiger partial charge in [0.2, 0.25) is 5.91 Å². The zero-order valence-corrected chi connectivity index (χ0v) is 21.3. The van der Waals surface area contributed by atoms with Crippen LogP contribution in [-0.2, 0) is 40.4 Å². The molecule has 0 aliphatic rings. The molecule has 8 heteroatoms. The molecule has 7 nitrogen and oxygen atoms in total. The van der Waals surface area contributed by atoms with Crippen LogP contribution in [-0.4, -0.2) is 21.4 Å². The molecular weight excluding hydrogens is 460 g/mol. The zero-order valence-electron chi connectivity index (χ0n) is 20.5. The van der Waals surface area contributed by atoms with E-state index in [1.165, 1.54) is 11.3 Å². The summed E-state index contributed by atoms with van der Waals surface area (Å²) in [6.45, 7) is 9.55. The number of rotatable bonds is 10. The van der Waals surface area contributed by atoms with E-state index in [1.807, 2.05) is 56.3 Å². The number of hydrogen-bond donors (Lipinski definition) is 1. The summed E-state index contributed by atoms with van der Waals surface area (Å²) in [5.74, 6) is -0.345. The molecule has 182 valence electrons. The SMILES string of the molecule is Cc1cc(/C=C(\C#N)C(=O)OCc2csc(CC(=O)NCc3ccccc3)n2)c(C)n1CC(C)C. The second kappa shape index (κ2) is 12.1. The number of ether oxygens (including phenoxy) is 1. The van der Waals surface area contributed by atoms with Gasteiger partial charge in [-0.1, -0.05) is 44.2 Å². The summed E-state index contributed by atoms with van der Waals surface area (Å²) in [4.78, 5) is 29.1. The highest BCUT2D eigenvalue weighted by Crippen LogP contribution is 2.20. The number of carbonyl (C=O) groups excluding carboxylic acids is 2. The van der Waals surface area contributed by atoms with Crippen LogP contribution in [0.1, 0.15) is 47.1 Å². The number of nitrogens with zero attached hydrogens (tertiary/aromatic N) is 3. The van der Waals surface area contributed by atoms with Crippen molar-refractivity contribution >= 4 is 29.3 Å². The van der Waals surface area contributed by atoms with Crippen molar-refractivity contribution in [1.82, 2.24) is 14.9 Å². The van der Waals surface area contributed by atoms with Crippen LogP contribution >= 0.6 is 11.3 Å². The monoisotopic (exact) mass is 490 g/mol. The van der Waals surface area contributed by atoms with Gasteiger partial charge in [0, 0.05) is 29.9 Å². The molecule has 0 aliphatic heterocycles. The maximum Gasteiger partial charge on any atom is 0.349 e. The molecule has 1 N–H and O–H groups in total. The second-order valence-electron chi connectivity index (χ2n) is 8.75. The van der Waals surface area contributed by atoms with Gasteiger partial charge in [-0.05, 0) is 43.0 Å². The zero-order chi connectivity index (χ0) is 25.4. The first-order chi connectivity index (χ1) is 16.8. The molecule has 2 aromatic heterocycles. The molecule has 0 bridgehead atoms. The van der Waals surface area contributed by atoms with E-state index >= 15 is 0 Å². The molecule has 0 spiro atoms. The van der Waals surface area contributed by atoms with Gasteiger partial charge >= 0.3 is 5.97 Å². The molecule has 2 heterocycles. The third-order valence-electron chi connectivity index (χ3n) is 5.40. The third kappa shape index (κ3) is 7.39. The molecule has 0 radical (unpaired) electrons. The van der Waals surface area contributed by atoms with Crippen LogP contribution in [0.25, 0.3) is 6.08 Å². The normalized spacial score (nSPS) is 11.4. The molecule has 1 aromatic carbocycles. The van der Waals surface area contributed by atoms with E-state index in [-0.39, 0.29) is 24.5 Å². The fourth-order valence-electron chi connectivity index (χ4n) is 3.62. The number of nitriles is 1. The lowest BCUT2D eigenvalue weighted by molar-refractivity contribution is -0.139. The number of nitrogens with one attached hydrogen (secondary N) is 1. The molecule has 1 amide bonds. The predicted octanol–water partition coefficient (Wildman–Crippen LogP) is 4.73. The first kappa shape index (κ1) is 25.9. The van der Waals surface area contributed by atoms with Crippen LogP contribution < -0.4 is 5.32 Å². The summed E-state index contributed by atoms with van der Waals surface area (Å²) >= 11 is 1.33. The van der Waals surface area contributed by atoms with Gasteiger partial charge in [0.25, 0.3) is 0 Å². The number of amides is 1. The van der Waals surface area contributed by atoms with Gasteiger partial charge in [-0.3, -0.25) is 4.79 Å². The molecule has 3 rings (SSSR count). The van der Waals surface area contributed by atoms with E-state index in [0.717, 1.165) is 29.1 Å². The van der Waals surface area contributed by atoms with E-state index in [9.17, 15) is 14.9 Å². The van der Waals surface area contributed by atoms with Gasteiger partial charge in [0.05, 0.1) is 12.1 Å². The Labute approximate surface area is 210 Å². The van der Waals surface area contributed by atoms with Crippen molar-refractivity contribution in [1.29, 1.82) is 5.26 Å². The van der Waals surface area contributed by atoms with Gasteiger partial charge in [0.15, 0.2) is 0 Å². The van der Waals surface area contributed by atoms with E-state index in [4.69, 9.17) is 4.74 Å². The first-order valence-electron chi connectivity index (χ1n) is 11.5. The van der Waals surface area contributed by atoms with Crippen LogP contribution in [0.4, 0.5) is 0 Å². The lowest BCUT2D eigenvalue weighted by atomic mass is 10.1. The Kier molecular flexibility index (Phi) is 8.98. The third-order valence-corrected chi connectivity index (χ3v) is 6.29. The number of esters is 1. The lowest BCUT2D eigenvalue weighted by Crippen LogP contribution is -2.24. The Bertz CT molecular complexity index is 1250. The lowest BCUT2D eigenvalue weighted by Gasteiger charge is -2.12. The van der Waals surface area contributed by atoms with Crippen molar-refractivity contribution in [3.63, 3.8) is 0 Å². The topological polar surface area (TPSA) is 97.0 Å². The highest BCUT2D eigenvalue weighted by Gasteiger charge is 2.16. The molecule has 35 heavy (non-hydrogen) atoms. The van der Waals surface area contributed by atoms with Gasteiger partial charge in [0.1, 0.15) is 23.3 Å². The standard InChI is InChI=1S/C27H30N4O3S/c1-18(2)15-31-19(3)10-22(20(31)4)11-23(13-28)27(33)34-16-24-17-35-26(30-24)12-25(32)29-14-21-8-6-5-7-9-21/h5-11,17-18H,12,14-16H2,1-4H3,(H,29,32)/b23-11+. The highest BCUT2D eigenvalue weighted by atomic mass is 32.1. The van der Waals surface area contributed by atoms with Crippen molar-refractivity contribution in [3.05, 3.63) is 80.6 Å². The maximum atomic E-state index is 12.5. The molecule has 0 atom stereocenters. The Morgan fingerprint density at radius 3 is 2.69 bits per heavy atom. The minimum Gasteiger partial charge on any atom is -0.455 e. The average molecular weight is 491 g/mol. The van der Waals surface area contributed by atoms with Gasteiger partial charge < -0.3 is 14.6 Å². The largest absolute Gasteiger partial charge is 0.455 e. The van der Waals surface area contributed by atoms with Crippen molar-refractivity contribution in [3.8, 4) is 6.07 Å². The molecule has 0 unspecified atom stereocenters. The number of aromatic nitrogens is 2. The van der Waals surface area contributed by atoms with E-state index in [0.29, 0.717) is 23.2 Å². The van der Waals surface area contributed by atoms with Crippen LogP contribution in [0, 0.1) is 31.1 Å². The average Bonchev–Trinajstić information content (AvgIpc) is 3.39. The summed E-state index contributed by atoms with van der Waals surface area (Å²) in [6.07, 6.45) is 1.73. The van der Waals surface area contributed by atoms with Gasteiger partial charge in [-0.2, -0.15) is 5.26 Å². The molecule has 0 saturated heterocycles. The predicted molar refractivity (Wildman–Crippen MR) is 136 cm³/mol. The number of aryl methyl sites for hydroxylation is 1. The summed E-state index contributed by atoms with van der Waals surface area (Å²) in [7, 11) is 0. The number of hydrogen-bond acceptors (Lipinski definition) is 6. The van der Waals surface area contributed by atoms with Gasteiger partial charge in [-0.25, -0.2) is 9.78 Å². The minimum atomic E-state index is -0.698. The molecule has 0 aliphatic carbocycles. The van der Waals surface area contributed by atoms with Crippen LogP contribution in [0.15, 0.2) is 47.4 Å². The van der Waals surface area contributed by atoms with Crippen molar-refractivity contribution in [2.45, 2.75) is 53.8 Å². The number of carbonyl (C=O) groups is 2. The second-order valence-corrected chi connectivity index (χ2v) is 9.69.